The van der Waals surface area contributed by atoms with Gasteiger partial charge >= 0.3 is 0 Å². The Morgan fingerprint density at radius 1 is 1.25 bits per heavy atom. The predicted octanol–water partition coefficient (Wildman–Crippen LogP) is 3.03. The average molecular weight is 269 g/mol. The van der Waals surface area contributed by atoms with Crippen molar-refractivity contribution in [3.63, 3.8) is 0 Å². The minimum Gasteiger partial charge on any atom is -0.497 e. The van der Waals surface area contributed by atoms with Gasteiger partial charge in [0.1, 0.15) is 11.3 Å². The number of methoxy groups -OCH3 is 1. The van der Waals surface area contributed by atoms with E-state index in [0.29, 0.717) is 29.3 Å². The van der Waals surface area contributed by atoms with Crippen LogP contribution in [0.3, 0.4) is 0 Å². The van der Waals surface area contributed by atoms with Crippen molar-refractivity contribution in [1.82, 2.24) is 4.98 Å². The fourth-order valence-electron chi connectivity index (χ4n) is 2.01. The van der Waals surface area contributed by atoms with Crippen molar-refractivity contribution in [3.05, 3.63) is 48.0 Å². The highest BCUT2D eigenvalue weighted by Crippen LogP contribution is 2.24. The molecule has 0 unspecified atom stereocenters. The van der Waals surface area contributed by atoms with E-state index in [1.165, 1.54) is 0 Å². The molecular weight excluding hydrogens is 254 g/mol. The van der Waals surface area contributed by atoms with E-state index in [9.17, 15) is 0 Å². The third-order valence-corrected chi connectivity index (χ3v) is 3.03. The molecule has 0 bridgehead atoms. The number of nitrogens with one attached hydrogen (secondary N) is 1. The van der Waals surface area contributed by atoms with E-state index in [0.717, 1.165) is 11.3 Å². The molecule has 0 saturated carbocycles. The third-order valence-electron chi connectivity index (χ3n) is 3.03. The van der Waals surface area contributed by atoms with Crippen LogP contribution in [0.4, 0.5) is 11.7 Å². The monoisotopic (exact) mass is 269 g/mol. The molecule has 0 aliphatic heterocycles. The molecule has 1 heterocycles. The summed E-state index contributed by atoms with van der Waals surface area (Å²) in [6, 6.07) is 13.8. The standard InChI is InChI=1S/C15H15N3O2/c1-19-11-5-2-4-10(8-11)9-17-15-18-14-12(16)6-3-7-13(14)20-15/h2-8H,9,16H2,1H3,(H,17,18). The number of para-hydroxylation sites is 1. The summed E-state index contributed by atoms with van der Waals surface area (Å²) in [5.41, 5.74) is 8.90. The molecule has 0 aliphatic carbocycles. The Kier molecular flexibility index (Phi) is 3.16. The lowest BCUT2D eigenvalue weighted by atomic mass is 10.2. The van der Waals surface area contributed by atoms with Gasteiger partial charge in [-0.15, -0.1) is 0 Å². The zero-order chi connectivity index (χ0) is 13.9. The van der Waals surface area contributed by atoms with Gasteiger partial charge in [-0.3, -0.25) is 0 Å². The summed E-state index contributed by atoms with van der Waals surface area (Å²) in [5, 5.41) is 3.14. The molecule has 5 heteroatoms. The van der Waals surface area contributed by atoms with Gasteiger partial charge in [0.15, 0.2) is 5.58 Å². The fraction of sp³-hybridized carbons (Fsp3) is 0.133. The van der Waals surface area contributed by atoms with Crippen molar-refractivity contribution in [1.29, 1.82) is 0 Å². The second-order valence-corrected chi connectivity index (χ2v) is 4.42. The molecule has 1 aromatic heterocycles. The Morgan fingerprint density at radius 3 is 2.90 bits per heavy atom. The van der Waals surface area contributed by atoms with E-state index < -0.39 is 0 Å². The Balaban J connectivity index is 1.78. The van der Waals surface area contributed by atoms with Crippen LogP contribution in [0.25, 0.3) is 11.1 Å². The van der Waals surface area contributed by atoms with Crippen LogP contribution in [0, 0.1) is 0 Å². The van der Waals surface area contributed by atoms with E-state index in [1.54, 1.807) is 13.2 Å². The van der Waals surface area contributed by atoms with Crippen LogP contribution in [-0.2, 0) is 6.54 Å². The van der Waals surface area contributed by atoms with Crippen molar-refractivity contribution in [2.24, 2.45) is 0 Å². The predicted molar refractivity (Wildman–Crippen MR) is 78.7 cm³/mol. The molecule has 5 nitrogen and oxygen atoms in total. The number of nitrogen functional groups attached to an aromatic ring is 1. The number of ether oxygens (including phenoxy) is 1. The summed E-state index contributed by atoms with van der Waals surface area (Å²) in [7, 11) is 1.65. The van der Waals surface area contributed by atoms with Crippen molar-refractivity contribution < 1.29 is 9.15 Å². The summed E-state index contributed by atoms with van der Waals surface area (Å²) in [5.74, 6) is 0.825. The molecule has 3 N–H and O–H groups in total. The summed E-state index contributed by atoms with van der Waals surface area (Å²) >= 11 is 0. The first-order valence-electron chi connectivity index (χ1n) is 6.28. The van der Waals surface area contributed by atoms with Gasteiger partial charge in [-0.25, -0.2) is 0 Å². The molecule has 20 heavy (non-hydrogen) atoms. The number of nitrogens with zero attached hydrogens (tertiary/aromatic N) is 1. The van der Waals surface area contributed by atoms with Crippen LogP contribution < -0.4 is 15.8 Å². The number of hydrogen-bond acceptors (Lipinski definition) is 5. The van der Waals surface area contributed by atoms with Crippen molar-refractivity contribution in [2.75, 3.05) is 18.2 Å². The molecule has 0 amide bonds. The first-order chi connectivity index (χ1) is 9.76. The number of hydrogen-bond donors (Lipinski definition) is 2. The average Bonchev–Trinajstić information content (AvgIpc) is 2.90. The number of anilines is 2. The maximum Gasteiger partial charge on any atom is 0.296 e. The Labute approximate surface area is 116 Å². The number of benzene rings is 2. The molecular formula is C15H15N3O2. The highest BCUT2D eigenvalue weighted by atomic mass is 16.5. The SMILES string of the molecule is COc1cccc(CNc2nc3c(N)cccc3o2)c1. The molecule has 3 rings (SSSR count). The molecule has 102 valence electrons. The first kappa shape index (κ1) is 12.3. The van der Waals surface area contributed by atoms with Crippen LogP contribution in [0.2, 0.25) is 0 Å². The second-order valence-electron chi connectivity index (χ2n) is 4.42. The maximum absolute atomic E-state index is 5.85. The van der Waals surface area contributed by atoms with E-state index in [4.69, 9.17) is 14.9 Å². The van der Waals surface area contributed by atoms with Gasteiger partial charge in [-0.05, 0) is 29.8 Å². The van der Waals surface area contributed by atoms with Gasteiger partial charge < -0.3 is 20.2 Å². The van der Waals surface area contributed by atoms with E-state index >= 15 is 0 Å². The topological polar surface area (TPSA) is 73.3 Å². The summed E-state index contributed by atoms with van der Waals surface area (Å²) in [6.07, 6.45) is 0. The number of nitrogens with two attached hydrogens (primary N) is 1. The largest absolute Gasteiger partial charge is 0.497 e. The quantitative estimate of drug-likeness (QED) is 0.712. The van der Waals surface area contributed by atoms with Crippen LogP contribution in [0.5, 0.6) is 5.75 Å². The van der Waals surface area contributed by atoms with Crippen LogP contribution in [0.15, 0.2) is 46.9 Å². The summed E-state index contributed by atoms with van der Waals surface area (Å²) in [6.45, 7) is 0.601. The van der Waals surface area contributed by atoms with Gasteiger partial charge in [0, 0.05) is 6.54 Å². The lowest BCUT2D eigenvalue weighted by Gasteiger charge is -2.04. The van der Waals surface area contributed by atoms with Crippen molar-refractivity contribution in [2.45, 2.75) is 6.54 Å². The number of oxazole rings is 1. The lowest BCUT2D eigenvalue weighted by molar-refractivity contribution is 0.414. The number of rotatable bonds is 4. The molecule has 3 aromatic rings. The summed E-state index contributed by atoms with van der Waals surface area (Å²) in [4.78, 5) is 4.34. The first-order valence-corrected chi connectivity index (χ1v) is 6.28. The van der Waals surface area contributed by atoms with E-state index in [-0.39, 0.29) is 0 Å². The minimum absolute atomic E-state index is 0.459. The van der Waals surface area contributed by atoms with Crippen LogP contribution >= 0.6 is 0 Å². The molecule has 0 spiro atoms. The minimum atomic E-state index is 0.459. The van der Waals surface area contributed by atoms with Gasteiger partial charge in [0.2, 0.25) is 0 Å². The van der Waals surface area contributed by atoms with Crippen LogP contribution in [-0.4, -0.2) is 12.1 Å². The fourth-order valence-corrected chi connectivity index (χ4v) is 2.01. The molecule has 0 saturated heterocycles. The summed E-state index contributed by atoms with van der Waals surface area (Å²) < 4.78 is 10.8. The van der Waals surface area contributed by atoms with Crippen molar-refractivity contribution in [3.8, 4) is 5.75 Å². The molecule has 2 aromatic carbocycles. The molecule has 0 atom stereocenters. The van der Waals surface area contributed by atoms with Gasteiger partial charge in [-0.2, -0.15) is 4.98 Å². The lowest BCUT2D eigenvalue weighted by Crippen LogP contribution is -1.99. The zero-order valence-corrected chi connectivity index (χ0v) is 11.1. The molecule has 0 radical (unpaired) electrons. The highest BCUT2D eigenvalue weighted by molar-refractivity contribution is 5.86. The van der Waals surface area contributed by atoms with E-state index in [2.05, 4.69) is 10.3 Å². The van der Waals surface area contributed by atoms with Crippen molar-refractivity contribution >= 4 is 22.8 Å². The van der Waals surface area contributed by atoms with Gasteiger partial charge in [0.05, 0.1) is 12.8 Å². The maximum atomic E-state index is 5.85. The molecule has 0 fully saturated rings. The van der Waals surface area contributed by atoms with Gasteiger partial charge in [0.25, 0.3) is 6.01 Å². The van der Waals surface area contributed by atoms with E-state index in [1.807, 2.05) is 36.4 Å². The Bertz CT molecular complexity index is 737. The van der Waals surface area contributed by atoms with Crippen LogP contribution in [0.1, 0.15) is 5.56 Å². The van der Waals surface area contributed by atoms with Gasteiger partial charge in [-0.1, -0.05) is 18.2 Å². The third kappa shape index (κ3) is 2.38. The number of fused-ring (bicyclic) bond motifs is 1. The molecule has 0 aliphatic rings. The smallest absolute Gasteiger partial charge is 0.296 e. The Hall–Kier alpha value is -2.69. The zero-order valence-electron chi connectivity index (χ0n) is 11.1. The number of aromatic nitrogens is 1. The second kappa shape index (κ2) is 5.13. The Morgan fingerprint density at radius 2 is 2.10 bits per heavy atom. The normalized spacial score (nSPS) is 10.7. The highest BCUT2D eigenvalue weighted by Gasteiger charge is 2.07.